The molecule has 0 saturated carbocycles. The molecule has 1 heteroatoms. The van der Waals surface area contributed by atoms with Crippen LogP contribution in [0.2, 0.25) is 0 Å². The monoisotopic (exact) mass is 324 g/mol. The van der Waals surface area contributed by atoms with Crippen LogP contribution in [-0.2, 0) is 6.42 Å². The third kappa shape index (κ3) is 3.63. The van der Waals surface area contributed by atoms with E-state index in [4.69, 9.17) is 0 Å². The van der Waals surface area contributed by atoms with Gasteiger partial charge >= 0.3 is 0 Å². The Labute approximate surface area is 112 Å². The van der Waals surface area contributed by atoms with Crippen LogP contribution in [0.5, 0.6) is 0 Å². The Morgan fingerprint density at radius 1 is 1.38 bits per heavy atom. The summed E-state index contributed by atoms with van der Waals surface area (Å²) in [5.74, 6) is 0. The second kappa shape index (κ2) is 6.69. The molecule has 0 nitrogen and oxygen atoms in total. The van der Waals surface area contributed by atoms with E-state index >= 15 is 0 Å². The van der Waals surface area contributed by atoms with Gasteiger partial charge in [0, 0.05) is 3.57 Å². The second-order valence-electron chi connectivity index (χ2n) is 3.57. The lowest BCUT2D eigenvalue weighted by Crippen LogP contribution is -1.90. The number of rotatable bonds is 4. The van der Waals surface area contributed by atoms with Gasteiger partial charge in [0.15, 0.2) is 0 Å². The molecule has 1 rings (SSSR count). The summed E-state index contributed by atoms with van der Waals surface area (Å²) in [6.07, 6.45) is 9.17. The van der Waals surface area contributed by atoms with Gasteiger partial charge in [-0.15, -0.1) is 0 Å². The molecular formula is C15H17I. The van der Waals surface area contributed by atoms with Gasteiger partial charge in [-0.2, -0.15) is 0 Å². The SMILES string of the molecule is C=C(/C=C\C=C/C)c1cc(I)ccc1CC. The van der Waals surface area contributed by atoms with Crippen molar-refractivity contribution in [3.05, 3.63) is 63.8 Å². The van der Waals surface area contributed by atoms with E-state index < -0.39 is 0 Å². The van der Waals surface area contributed by atoms with E-state index in [0.717, 1.165) is 12.0 Å². The summed E-state index contributed by atoms with van der Waals surface area (Å²) in [7, 11) is 0. The van der Waals surface area contributed by atoms with Gasteiger partial charge < -0.3 is 0 Å². The predicted octanol–water partition coefficient (Wildman–Crippen LogP) is 5.00. The van der Waals surface area contributed by atoms with E-state index in [1.54, 1.807) is 0 Å². The maximum absolute atomic E-state index is 4.12. The van der Waals surface area contributed by atoms with Crippen molar-refractivity contribution in [3.63, 3.8) is 0 Å². The van der Waals surface area contributed by atoms with Crippen LogP contribution in [0.15, 0.2) is 49.1 Å². The van der Waals surface area contributed by atoms with Crippen molar-refractivity contribution in [1.29, 1.82) is 0 Å². The molecule has 0 saturated heterocycles. The van der Waals surface area contributed by atoms with Crippen molar-refractivity contribution in [2.45, 2.75) is 20.3 Å². The molecule has 84 valence electrons. The van der Waals surface area contributed by atoms with Crippen LogP contribution in [0.3, 0.4) is 0 Å². The Hall–Kier alpha value is -0.830. The molecular weight excluding hydrogens is 307 g/mol. The minimum atomic E-state index is 1.04. The van der Waals surface area contributed by atoms with Crippen molar-refractivity contribution < 1.29 is 0 Å². The quantitative estimate of drug-likeness (QED) is 0.540. The summed E-state index contributed by atoms with van der Waals surface area (Å²) in [5, 5.41) is 0. The van der Waals surface area contributed by atoms with Gasteiger partial charge in [-0.05, 0) is 64.8 Å². The molecule has 0 radical (unpaired) electrons. The zero-order chi connectivity index (χ0) is 12.0. The first-order valence-electron chi connectivity index (χ1n) is 5.46. The van der Waals surface area contributed by atoms with Crippen molar-refractivity contribution in [2.75, 3.05) is 0 Å². The zero-order valence-electron chi connectivity index (χ0n) is 9.83. The smallest absolute Gasteiger partial charge is 0.0136 e. The Morgan fingerprint density at radius 2 is 2.12 bits per heavy atom. The molecule has 0 heterocycles. The molecule has 0 atom stereocenters. The zero-order valence-corrected chi connectivity index (χ0v) is 12.0. The van der Waals surface area contributed by atoms with Gasteiger partial charge in [-0.25, -0.2) is 0 Å². The van der Waals surface area contributed by atoms with Gasteiger partial charge in [0.05, 0.1) is 0 Å². The Bertz CT molecular complexity index is 425. The normalized spacial score (nSPS) is 11.4. The fourth-order valence-corrected chi connectivity index (χ4v) is 2.02. The Morgan fingerprint density at radius 3 is 2.75 bits per heavy atom. The van der Waals surface area contributed by atoms with Crippen molar-refractivity contribution in [3.8, 4) is 0 Å². The third-order valence-electron chi connectivity index (χ3n) is 2.40. The molecule has 0 N–H and O–H groups in total. The average Bonchev–Trinajstić information content (AvgIpc) is 2.29. The molecule has 0 unspecified atom stereocenters. The van der Waals surface area contributed by atoms with Crippen LogP contribution in [0, 0.1) is 3.57 Å². The van der Waals surface area contributed by atoms with Crippen molar-refractivity contribution in [1.82, 2.24) is 0 Å². The fraction of sp³-hybridized carbons (Fsp3) is 0.200. The summed E-state index contributed by atoms with van der Waals surface area (Å²) < 4.78 is 1.25. The molecule has 1 aromatic carbocycles. The number of hydrogen-bond donors (Lipinski definition) is 0. The minimum Gasteiger partial charge on any atom is -0.0911 e. The summed E-state index contributed by atoms with van der Waals surface area (Å²) in [6, 6.07) is 6.53. The number of aryl methyl sites for hydroxylation is 1. The minimum absolute atomic E-state index is 1.04. The molecule has 0 amide bonds. The second-order valence-corrected chi connectivity index (χ2v) is 4.81. The van der Waals surface area contributed by atoms with E-state index in [-0.39, 0.29) is 0 Å². The first-order chi connectivity index (χ1) is 7.69. The number of benzene rings is 1. The van der Waals surface area contributed by atoms with E-state index in [1.165, 1.54) is 14.7 Å². The van der Waals surface area contributed by atoms with Crippen LogP contribution in [-0.4, -0.2) is 0 Å². The van der Waals surface area contributed by atoms with E-state index in [1.807, 2.05) is 25.2 Å². The first kappa shape index (κ1) is 13.2. The molecule has 0 aliphatic rings. The Balaban J connectivity index is 3.02. The van der Waals surface area contributed by atoms with Crippen molar-refractivity contribution in [2.24, 2.45) is 0 Å². The Kier molecular flexibility index (Phi) is 5.53. The molecule has 0 aliphatic carbocycles. The predicted molar refractivity (Wildman–Crippen MR) is 81.5 cm³/mol. The molecule has 0 aromatic heterocycles. The van der Waals surface area contributed by atoms with E-state index in [9.17, 15) is 0 Å². The standard InChI is InChI=1S/C15H17I/c1-4-6-7-8-12(3)15-11-14(16)10-9-13(15)5-2/h4,6-11H,3,5H2,1-2H3/b6-4-,8-7-. The summed E-state index contributed by atoms with van der Waals surface area (Å²) in [4.78, 5) is 0. The van der Waals surface area contributed by atoms with Gasteiger partial charge in [0.2, 0.25) is 0 Å². The molecule has 0 bridgehead atoms. The summed E-state index contributed by atoms with van der Waals surface area (Å²) >= 11 is 2.34. The van der Waals surface area contributed by atoms with Gasteiger partial charge in [0.1, 0.15) is 0 Å². The van der Waals surface area contributed by atoms with Crippen LogP contribution < -0.4 is 0 Å². The third-order valence-corrected chi connectivity index (χ3v) is 3.07. The topological polar surface area (TPSA) is 0 Å². The fourth-order valence-electron chi connectivity index (χ4n) is 1.53. The number of allylic oxidation sites excluding steroid dienone is 5. The lowest BCUT2D eigenvalue weighted by Gasteiger charge is -2.08. The maximum Gasteiger partial charge on any atom is 0.0136 e. The largest absolute Gasteiger partial charge is 0.0911 e. The highest BCUT2D eigenvalue weighted by atomic mass is 127. The van der Waals surface area contributed by atoms with Gasteiger partial charge in [-0.1, -0.05) is 43.9 Å². The van der Waals surface area contributed by atoms with E-state index in [0.29, 0.717) is 0 Å². The molecule has 0 aliphatic heterocycles. The average molecular weight is 324 g/mol. The summed E-state index contributed by atoms with van der Waals surface area (Å²) in [5.41, 5.74) is 3.69. The highest BCUT2D eigenvalue weighted by Gasteiger charge is 2.02. The van der Waals surface area contributed by atoms with Gasteiger partial charge in [-0.3, -0.25) is 0 Å². The first-order valence-corrected chi connectivity index (χ1v) is 6.54. The lowest BCUT2D eigenvalue weighted by atomic mass is 9.99. The summed E-state index contributed by atoms with van der Waals surface area (Å²) in [6.45, 7) is 8.31. The number of halogens is 1. The molecule has 16 heavy (non-hydrogen) atoms. The molecule has 0 fully saturated rings. The van der Waals surface area contributed by atoms with Crippen LogP contribution in [0.4, 0.5) is 0 Å². The highest BCUT2D eigenvalue weighted by Crippen LogP contribution is 2.22. The lowest BCUT2D eigenvalue weighted by molar-refractivity contribution is 1.13. The van der Waals surface area contributed by atoms with E-state index in [2.05, 4.69) is 60.4 Å². The van der Waals surface area contributed by atoms with Crippen LogP contribution in [0.25, 0.3) is 5.57 Å². The molecule has 0 spiro atoms. The number of hydrogen-bond acceptors (Lipinski definition) is 0. The van der Waals surface area contributed by atoms with Gasteiger partial charge in [0.25, 0.3) is 0 Å². The molecule has 1 aromatic rings. The van der Waals surface area contributed by atoms with Crippen LogP contribution >= 0.6 is 22.6 Å². The highest BCUT2D eigenvalue weighted by molar-refractivity contribution is 14.1. The van der Waals surface area contributed by atoms with Crippen molar-refractivity contribution >= 4 is 28.2 Å². The maximum atomic E-state index is 4.12. The van der Waals surface area contributed by atoms with Crippen LogP contribution in [0.1, 0.15) is 25.0 Å².